The van der Waals surface area contributed by atoms with Crippen LogP contribution in [0.4, 0.5) is 0 Å². The van der Waals surface area contributed by atoms with Gasteiger partial charge in [-0.05, 0) is 71.6 Å². The molecule has 3 heteroatoms. The summed E-state index contributed by atoms with van der Waals surface area (Å²) in [4.78, 5) is 5.37. The van der Waals surface area contributed by atoms with E-state index in [1.807, 2.05) is 0 Å². The molecule has 0 spiro atoms. The second-order valence-electron chi connectivity index (χ2n) is 11.8. The Balaban J connectivity index is 1.45. The van der Waals surface area contributed by atoms with Crippen molar-refractivity contribution in [2.24, 2.45) is 0 Å². The molecule has 1 atom stereocenters. The van der Waals surface area contributed by atoms with E-state index in [0.717, 1.165) is 42.1 Å². The Bertz CT molecular complexity index is 1750. The second kappa shape index (κ2) is 9.82. The molecule has 0 saturated carbocycles. The van der Waals surface area contributed by atoms with Crippen molar-refractivity contribution in [3.63, 3.8) is 0 Å². The van der Waals surface area contributed by atoms with Gasteiger partial charge in [0, 0.05) is 10.9 Å². The highest BCUT2D eigenvalue weighted by molar-refractivity contribution is 5.92. The Hall–Kier alpha value is -4.11. The Labute approximate surface area is 236 Å². The summed E-state index contributed by atoms with van der Waals surface area (Å²) >= 11 is 0. The third-order valence-electron chi connectivity index (χ3n) is 8.57. The van der Waals surface area contributed by atoms with Gasteiger partial charge in [0.15, 0.2) is 0 Å². The zero-order valence-corrected chi connectivity index (χ0v) is 23.8. The number of furan rings is 1. The molecule has 2 aliphatic rings. The number of hydrogen-bond acceptors (Lipinski definition) is 2. The molecule has 40 heavy (non-hydrogen) atoms. The number of benzene rings is 3. The van der Waals surface area contributed by atoms with Crippen LogP contribution in [0.3, 0.4) is 0 Å². The Morgan fingerprint density at radius 3 is 2.35 bits per heavy atom. The van der Waals surface area contributed by atoms with Gasteiger partial charge >= 0.3 is 0 Å². The summed E-state index contributed by atoms with van der Waals surface area (Å²) < 4.78 is 9.30. The number of allylic oxidation sites excluding steroid dienone is 2. The zero-order chi connectivity index (χ0) is 27.4. The van der Waals surface area contributed by atoms with Gasteiger partial charge in [0.05, 0.1) is 23.0 Å². The lowest BCUT2D eigenvalue weighted by molar-refractivity contribution is 0.502. The van der Waals surface area contributed by atoms with E-state index in [-0.39, 0.29) is 5.92 Å². The number of fused-ring (bicyclic) bond motifs is 4. The first kappa shape index (κ1) is 24.9. The minimum atomic E-state index is 0.0480. The van der Waals surface area contributed by atoms with E-state index in [4.69, 9.17) is 9.40 Å². The van der Waals surface area contributed by atoms with Gasteiger partial charge < -0.3 is 4.42 Å². The van der Waals surface area contributed by atoms with E-state index < -0.39 is 0 Å². The molecular formula is C37H36N2O. The van der Waals surface area contributed by atoms with Crippen LogP contribution in [0.5, 0.6) is 0 Å². The van der Waals surface area contributed by atoms with Crippen LogP contribution in [0.2, 0.25) is 0 Å². The molecule has 1 unspecified atom stereocenters. The van der Waals surface area contributed by atoms with Gasteiger partial charge in [-0.25, -0.2) is 4.98 Å². The van der Waals surface area contributed by atoms with Gasteiger partial charge in [0.25, 0.3) is 0 Å². The smallest absolute Gasteiger partial charge is 0.135 e. The van der Waals surface area contributed by atoms with Crippen LogP contribution >= 0.6 is 0 Å². The fraction of sp³-hybridized carbons (Fsp3) is 0.270. The summed E-state index contributed by atoms with van der Waals surface area (Å²) in [5, 5.41) is 1.17. The first-order valence-corrected chi connectivity index (χ1v) is 14.7. The number of hydrogen-bond donors (Lipinski definition) is 0. The quantitative estimate of drug-likeness (QED) is 0.229. The van der Waals surface area contributed by atoms with Gasteiger partial charge in [0.1, 0.15) is 17.2 Å². The molecule has 0 amide bonds. The number of aromatic nitrogens is 2. The number of para-hydroxylation sites is 1. The van der Waals surface area contributed by atoms with Crippen molar-refractivity contribution >= 4 is 23.1 Å². The monoisotopic (exact) mass is 524 g/mol. The molecule has 0 fully saturated rings. The Morgan fingerprint density at radius 2 is 1.60 bits per heavy atom. The Kier molecular flexibility index (Phi) is 6.11. The molecule has 2 aromatic heterocycles. The lowest BCUT2D eigenvalue weighted by Gasteiger charge is -2.26. The van der Waals surface area contributed by atoms with Gasteiger partial charge in [-0.3, -0.25) is 4.57 Å². The fourth-order valence-electron chi connectivity index (χ4n) is 6.56. The molecule has 0 radical (unpaired) electrons. The lowest BCUT2D eigenvalue weighted by atomic mass is 9.89. The number of imidazole rings is 1. The van der Waals surface area contributed by atoms with Crippen LogP contribution in [0.1, 0.15) is 98.0 Å². The molecule has 0 bridgehead atoms. The summed E-state index contributed by atoms with van der Waals surface area (Å²) in [6, 6.07) is 24.0. The van der Waals surface area contributed by atoms with Gasteiger partial charge in [-0.15, -0.1) is 0 Å². The summed E-state index contributed by atoms with van der Waals surface area (Å²) in [6.45, 7) is 9.21. The van der Waals surface area contributed by atoms with Crippen LogP contribution in [0.15, 0.2) is 83.3 Å². The van der Waals surface area contributed by atoms with Crippen LogP contribution in [0, 0.1) is 0 Å². The maximum absolute atomic E-state index is 6.78. The molecule has 0 saturated heterocycles. The first-order chi connectivity index (χ1) is 19.5. The third kappa shape index (κ3) is 3.99. The van der Waals surface area contributed by atoms with Crippen LogP contribution < -0.4 is 0 Å². The van der Waals surface area contributed by atoms with Crippen LogP contribution in [-0.4, -0.2) is 9.55 Å². The van der Waals surface area contributed by atoms with Crippen molar-refractivity contribution in [1.29, 1.82) is 0 Å². The molecule has 0 N–H and O–H groups in total. The molecule has 5 aromatic rings. The fourth-order valence-corrected chi connectivity index (χ4v) is 6.56. The van der Waals surface area contributed by atoms with E-state index in [9.17, 15) is 0 Å². The van der Waals surface area contributed by atoms with Crippen molar-refractivity contribution in [3.05, 3.63) is 119 Å². The highest BCUT2D eigenvalue weighted by Crippen LogP contribution is 2.44. The molecule has 7 rings (SSSR count). The van der Waals surface area contributed by atoms with Crippen LogP contribution in [0.25, 0.3) is 39.9 Å². The van der Waals surface area contributed by atoms with Gasteiger partial charge in [-0.2, -0.15) is 0 Å². The highest BCUT2D eigenvalue weighted by atomic mass is 16.3. The maximum Gasteiger partial charge on any atom is 0.135 e. The van der Waals surface area contributed by atoms with Crippen molar-refractivity contribution in [1.82, 2.24) is 9.55 Å². The molecule has 200 valence electrons. The Morgan fingerprint density at radius 1 is 0.825 bits per heavy atom. The number of rotatable bonds is 5. The van der Waals surface area contributed by atoms with Gasteiger partial charge in [0.2, 0.25) is 0 Å². The molecule has 3 nitrogen and oxygen atoms in total. The van der Waals surface area contributed by atoms with E-state index >= 15 is 0 Å². The average molecular weight is 525 g/mol. The molecule has 0 aliphatic heterocycles. The summed E-state index contributed by atoms with van der Waals surface area (Å²) in [6.07, 6.45) is 11.9. The minimum Gasteiger partial charge on any atom is -0.460 e. The third-order valence-corrected chi connectivity index (χ3v) is 8.57. The first-order valence-electron chi connectivity index (χ1n) is 14.7. The van der Waals surface area contributed by atoms with Crippen molar-refractivity contribution in [3.8, 4) is 16.8 Å². The van der Waals surface area contributed by atoms with Gasteiger partial charge in [-0.1, -0.05) is 101 Å². The van der Waals surface area contributed by atoms with E-state index in [0.29, 0.717) is 11.8 Å². The topological polar surface area (TPSA) is 31.0 Å². The molecule has 3 aromatic carbocycles. The molecular weight excluding hydrogens is 488 g/mol. The highest BCUT2D eigenvalue weighted by Gasteiger charge is 2.33. The van der Waals surface area contributed by atoms with Crippen LogP contribution in [-0.2, 0) is 6.42 Å². The maximum atomic E-state index is 6.78. The predicted molar refractivity (Wildman–Crippen MR) is 166 cm³/mol. The van der Waals surface area contributed by atoms with E-state index in [1.165, 1.54) is 44.6 Å². The molecule has 2 aliphatic carbocycles. The van der Waals surface area contributed by atoms with E-state index in [2.05, 4.69) is 123 Å². The van der Waals surface area contributed by atoms with Crippen molar-refractivity contribution in [2.45, 2.75) is 64.7 Å². The standard InChI is InChI=1S/C37H36N2O/c1-23(2)27-14-10-15-28(24(3)4)35(27)39-33-19-9-8-18-32(33)38-37(39)31-17-11-16-30-29-21-20-26(22-34(29)40-36(30)31)25-12-6-5-7-13-25/h5-8,10-16,18,20-24,31H,9,17,19H2,1-4H3. The SMILES string of the molecule is CC(C)c1cccc(C(C)C)c1-n1c(C2CC=Cc3c2oc2cc(-c4ccccc4)ccc32)nc2c1CCC=C2. The van der Waals surface area contributed by atoms with Crippen molar-refractivity contribution in [2.75, 3.05) is 0 Å². The summed E-state index contributed by atoms with van der Waals surface area (Å²) in [7, 11) is 0. The van der Waals surface area contributed by atoms with E-state index in [1.54, 1.807) is 0 Å². The average Bonchev–Trinajstić information content (AvgIpc) is 3.55. The summed E-state index contributed by atoms with van der Waals surface area (Å²) in [5.41, 5.74) is 11.0. The molecule has 2 heterocycles. The number of nitrogens with zero attached hydrogens (tertiary/aromatic N) is 2. The second-order valence-corrected chi connectivity index (χ2v) is 11.8. The lowest BCUT2D eigenvalue weighted by Crippen LogP contribution is -2.16. The predicted octanol–water partition coefficient (Wildman–Crippen LogP) is 10.0. The normalized spacial score (nSPS) is 16.2. The summed E-state index contributed by atoms with van der Waals surface area (Å²) in [5.74, 6) is 2.99. The zero-order valence-electron chi connectivity index (χ0n) is 23.8. The largest absolute Gasteiger partial charge is 0.460 e. The van der Waals surface area contributed by atoms with Crippen molar-refractivity contribution < 1.29 is 4.42 Å². The minimum absolute atomic E-state index is 0.0480.